The predicted octanol–water partition coefficient (Wildman–Crippen LogP) is 2.14. The molecule has 2 unspecified atom stereocenters. The highest BCUT2D eigenvalue weighted by Gasteiger charge is 2.22. The second-order valence-corrected chi connectivity index (χ2v) is 4.78. The molecule has 0 saturated heterocycles. The second-order valence-electron chi connectivity index (χ2n) is 4.78. The molecule has 0 amide bonds. The van der Waals surface area contributed by atoms with Gasteiger partial charge in [0.1, 0.15) is 5.82 Å². The summed E-state index contributed by atoms with van der Waals surface area (Å²) in [6.45, 7) is 7.76. The van der Waals surface area contributed by atoms with Crippen LogP contribution in [0.1, 0.15) is 38.6 Å². The van der Waals surface area contributed by atoms with E-state index < -0.39 is 0 Å². The molecule has 0 spiro atoms. The summed E-state index contributed by atoms with van der Waals surface area (Å²) in [6, 6.07) is 1.34. The average Bonchev–Trinajstić information content (AvgIpc) is 2.96. The van der Waals surface area contributed by atoms with Gasteiger partial charge in [0.05, 0.1) is 0 Å². The van der Waals surface area contributed by atoms with Gasteiger partial charge in [-0.15, -0.1) is 0 Å². The van der Waals surface area contributed by atoms with Gasteiger partial charge < -0.3 is 9.88 Å². The Labute approximate surface area is 91.9 Å². The van der Waals surface area contributed by atoms with Gasteiger partial charge in [-0.25, -0.2) is 4.98 Å². The zero-order valence-corrected chi connectivity index (χ0v) is 9.90. The maximum atomic E-state index is 4.27. The van der Waals surface area contributed by atoms with E-state index in [-0.39, 0.29) is 0 Å². The molecule has 1 aliphatic carbocycles. The molecule has 3 heteroatoms. The third-order valence-corrected chi connectivity index (χ3v) is 3.43. The lowest BCUT2D eigenvalue weighted by Crippen LogP contribution is -2.28. The normalized spacial score (nSPS) is 20.2. The standard InChI is InChI=1S/C12H21N3/c1-9(8-14-12-4-5-12)10(2)15-7-6-13-11(15)3/h6-7,9-10,12,14H,4-5,8H2,1-3H3. The van der Waals surface area contributed by atoms with E-state index in [9.17, 15) is 0 Å². The largest absolute Gasteiger partial charge is 0.332 e. The van der Waals surface area contributed by atoms with Gasteiger partial charge in [0.15, 0.2) is 0 Å². The van der Waals surface area contributed by atoms with Gasteiger partial charge in [0, 0.05) is 24.5 Å². The Morgan fingerprint density at radius 1 is 1.53 bits per heavy atom. The van der Waals surface area contributed by atoms with Crippen molar-refractivity contribution >= 4 is 0 Å². The molecule has 3 nitrogen and oxygen atoms in total. The van der Waals surface area contributed by atoms with E-state index in [1.54, 1.807) is 0 Å². The fourth-order valence-electron chi connectivity index (χ4n) is 1.90. The lowest BCUT2D eigenvalue weighted by atomic mass is 10.0. The highest BCUT2D eigenvalue weighted by atomic mass is 15.1. The number of aryl methyl sites for hydroxylation is 1. The van der Waals surface area contributed by atoms with Crippen LogP contribution in [0.25, 0.3) is 0 Å². The maximum absolute atomic E-state index is 4.27. The molecule has 84 valence electrons. The van der Waals surface area contributed by atoms with Crippen LogP contribution in [0.3, 0.4) is 0 Å². The van der Waals surface area contributed by atoms with Gasteiger partial charge in [-0.1, -0.05) is 6.92 Å². The number of hydrogen-bond donors (Lipinski definition) is 1. The van der Waals surface area contributed by atoms with Gasteiger partial charge in [-0.2, -0.15) is 0 Å². The van der Waals surface area contributed by atoms with E-state index >= 15 is 0 Å². The van der Waals surface area contributed by atoms with Gasteiger partial charge in [0.2, 0.25) is 0 Å². The second kappa shape index (κ2) is 4.35. The smallest absolute Gasteiger partial charge is 0.105 e. The Morgan fingerprint density at radius 2 is 2.27 bits per heavy atom. The van der Waals surface area contributed by atoms with Crippen LogP contribution in [0.15, 0.2) is 12.4 Å². The van der Waals surface area contributed by atoms with Crippen molar-refractivity contribution in [2.24, 2.45) is 5.92 Å². The molecule has 0 aliphatic heterocycles. The molecule has 1 fully saturated rings. The third-order valence-electron chi connectivity index (χ3n) is 3.43. The number of nitrogens with zero attached hydrogens (tertiary/aromatic N) is 2. The molecule has 1 aromatic rings. The van der Waals surface area contributed by atoms with Crippen molar-refractivity contribution in [1.82, 2.24) is 14.9 Å². The van der Waals surface area contributed by atoms with Gasteiger partial charge in [0.25, 0.3) is 0 Å². The number of nitrogens with one attached hydrogen (secondary N) is 1. The topological polar surface area (TPSA) is 29.9 Å². The van der Waals surface area contributed by atoms with Crippen LogP contribution in [0, 0.1) is 12.8 Å². The molecule has 15 heavy (non-hydrogen) atoms. The van der Waals surface area contributed by atoms with Crippen molar-refractivity contribution in [3.05, 3.63) is 18.2 Å². The highest BCUT2D eigenvalue weighted by Crippen LogP contribution is 2.22. The Morgan fingerprint density at radius 3 is 2.80 bits per heavy atom. The first-order valence-electron chi connectivity index (χ1n) is 5.91. The van der Waals surface area contributed by atoms with Crippen molar-refractivity contribution < 1.29 is 0 Å². The summed E-state index contributed by atoms with van der Waals surface area (Å²) in [6.07, 6.45) is 6.69. The quantitative estimate of drug-likeness (QED) is 0.801. The lowest BCUT2D eigenvalue weighted by Gasteiger charge is -2.22. The summed E-state index contributed by atoms with van der Waals surface area (Å²) < 4.78 is 2.26. The third kappa shape index (κ3) is 2.59. The van der Waals surface area contributed by atoms with Gasteiger partial charge in [-0.3, -0.25) is 0 Å². The van der Waals surface area contributed by atoms with Crippen LogP contribution < -0.4 is 5.32 Å². The predicted molar refractivity (Wildman–Crippen MR) is 61.9 cm³/mol. The number of rotatable bonds is 5. The summed E-state index contributed by atoms with van der Waals surface area (Å²) in [5.74, 6) is 1.76. The monoisotopic (exact) mass is 207 g/mol. The Kier molecular flexibility index (Phi) is 3.10. The fraction of sp³-hybridized carbons (Fsp3) is 0.750. The Bertz CT molecular complexity index is 314. The molecule has 2 rings (SSSR count). The lowest BCUT2D eigenvalue weighted by molar-refractivity contribution is 0.355. The Hall–Kier alpha value is -0.830. The SMILES string of the molecule is Cc1nccn1C(C)C(C)CNC1CC1. The molecule has 2 atom stereocenters. The maximum Gasteiger partial charge on any atom is 0.105 e. The van der Waals surface area contributed by atoms with Gasteiger partial charge >= 0.3 is 0 Å². The first kappa shape index (κ1) is 10.7. The minimum Gasteiger partial charge on any atom is -0.332 e. The van der Waals surface area contributed by atoms with Crippen molar-refractivity contribution in [2.75, 3.05) is 6.54 Å². The minimum absolute atomic E-state index is 0.527. The summed E-state index contributed by atoms with van der Waals surface area (Å²) >= 11 is 0. The number of hydrogen-bond acceptors (Lipinski definition) is 2. The van der Waals surface area contributed by atoms with Crippen molar-refractivity contribution in [2.45, 2.75) is 45.7 Å². The zero-order valence-electron chi connectivity index (χ0n) is 9.90. The van der Waals surface area contributed by atoms with E-state index in [1.807, 2.05) is 6.20 Å². The first-order chi connectivity index (χ1) is 7.18. The van der Waals surface area contributed by atoms with Crippen LogP contribution in [0.2, 0.25) is 0 Å². The average molecular weight is 207 g/mol. The van der Waals surface area contributed by atoms with Crippen molar-refractivity contribution in [3.63, 3.8) is 0 Å². The van der Waals surface area contributed by atoms with Gasteiger partial charge in [-0.05, 0) is 39.2 Å². The summed E-state index contributed by atoms with van der Waals surface area (Å²) in [7, 11) is 0. The summed E-state index contributed by atoms with van der Waals surface area (Å²) in [5, 5.41) is 3.58. The Balaban J connectivity index is 1.88. The van der Waals surface area contributed by atoms with Crippen LogP contribution in [0.4, 0.5) is 0 Å². The van der Waals surface area contributed by atoms with E-state index in [0.717, 1.165) is 18.4 Å². The highest BCUT2D eigenvalue weighted by molar-refractivity contribution is 4.93. The molecule has 1 aromatic heterocycles. The minimum atomic E-state index is 0.527. The molecule has 0 radical (unpaired) electrons. The molecule has 1 aliphatic rings. The van der Waals surface area contributed by atoms with E-state index in [0.29, 0.717) is 12.0 Å². The van der Waals surface area contributed by atoms with Crippen LogP contribution in [-0.2, 0) is 0 Å². The molecule has 1 heterocycles. The summed E-state index contributed by atoms with van der Waals surface area (Å²) in [4.78, 5) is 4.27. The molecular formula is C12H21N3. The number of imidazole rings is 1. The molecule has 1 saturated carbocycles. The van der Waals surface area contributed by atoms with E-state index in [1.165, 1.54) is 12.8 Å². The molecule has 0 bridgehead atoms. The molecule has 0 aromatic carbocycles. The van der Waals surface area contributed by atoms with Crippen LogP contribution in [-0.4, -0.2) is 22.1 Å². The van der Waals surface area contributed by atoms with Crippen molar-refractivity contribution in [1.29, 1.82) is 0 Å². The first-order valence-corrected chi connectivity index (χ1v) is 5.91. The number of aromatic nitrogens is 2. The molecular weight excluding hydrogens is 186 g/mol. The van der Waals surface area contributed by atoms with Crippen LogP contribution >= 0.6 is 0 Å². The summed E-state index contributed by atoms with van der Waals surface area (Å²) in [5.41, 5.74) is 0. The molecule has 1 N–H and O–H groups in total. The fourth-order valence-corrected chi connectivity index (χ4v) is 1.90. The van der Waals surface area contributed by atoms with E-state index in [4.69, 9.17) is 0 Å². The van der Waals surface area contributed by atoms with Crippen LogP contribution in [0.5, 0.6) is 0 Å². The van der Waals surface area contributed by atoms with Crippen molar-refractivity contribution in [3.8, 4) is 0 Å². The zero-order chi connectivity index (χ0) is 10.8. The van der Waals surface area contributed by atoms with E-state index in [2.05, 4.69) is 41.8 Å².